The molecule has 0 bridgehead atoms. The summed E-state index contributed by atoms with van der Waals surface area (Å²) in [5, 5.41) is 3.52. The normalized spacial score (nSPS) is 31.1. The van der Waals surface area contributed by atoms with Crippen LogP contribution in [0.25, 0.3) is 0 Å². The number of hydrogen-bond donors (Lipinski definition) is 3. The third kappa shape index (κ3) is 4.20. The Morgan fingerprint density at radius 3 is 2.48 bits per heavy atom. The van der Waals surface area contributed by atoms with Crippen molar-refractivity contribution < 1.29 is 4.79 Å². The Morgan fingerprint density at radius 2 is 1.78 bits per heavy atom. The Morgan fingerprint density at radius 1 is 1.07 bits per heavy atom. The van der Waals surface area contributed by atoms with E-state index in [0.717, 1.165) is 19.4 Å². The number of hydrogen-bond acceptors (Lipinski definition) is 4. The molecule has 2 aliphatic heterocycles. The van der Waals surface area contributed by atoms with Gasteiger partial charge in [-0.05, 0) is 44.3 Å². The average molecular weight is 371 g/mol. The van der Waals surface area contributed by atoms with Crippen LogP contribution < -0.4 is 16.2 Å². The van der Waals surface area contributed by atoms with E-state index in [1.165, 1.54) is 50.8 Å². The Labute approximate surface area is 163 Å². The van der Waals surface area contributed by atoms with Crippen LogP contribution in [-0.2, 0) is 4.79 Å². The molecule has 2 saturated heterocycles. The quantitative estimate of drug-likeness (QED) is 0.746. The van der Waals surface area contributed by atoms with E-state index in [1.54, 1.807) is 0 Å². The summed E-state index contributed by atoms with van der Waals surface area (Å²) < 4.78 is 0. The van der Waals surface area contributed by atoms with Gasteiger partial charge < -0.3 is 10.2 Å². The first-order chi connectivity index (χ1) is 13.2. The highest BCUT2D eigenvalue weighted by molar-refractivity contribution is 5.83. The zero-order valence-corrected chi connectivity index (χ0v) is 16.5. The number of amides is 1. The molecular formula is C22H34N4O. The minimum Gasteiger partial charge on any atom is -0.348 e. The molecule has 3 aliphatic rings. The number of nitrogens with zero attached hydrogens (tertiary/aromatic N) is 1. The van der Waals surface area contributed by atoms with E-state index in [-0.39, 0.29) is 29.4 Å². The van der Waals surface area contributed by atoms with E-state index in [0.29, 0.717) is 0 Å². The van der Waals surface area contributed by atoms with Gasteiger partial charge in [0.1, 0.15) is 6.04 Å². The number of benzene rings is 1. The third-order valence-corrected chi connectivity index (χ3v) is 6.81. The van der Waals surface area contributed by atoms with Crippen LogP contribution in [0.4, 0.5) is 0 Å². The van der Waals surface area contributed by atoms with Crippen LogP contribution in [0.3, 0.4) is 0 Å². The lowest BCUT2D eigenvalue weighted by Crippen LogP contribution is -2.60. The van der Waals surface area contributed by atoms with Gasteiger partial charge in [0, 0.05) is 12.5 Å². The van der Waals surface area contributed by atoms with Crippen LogP contribution in [0.1, 0.15) is 63.5 Å². The zero-order valence-electron chi connectivity index (χ0n) is 16.5. The molecule has 3 N–H and O–H groups in total. The maximum Gasteiger partial charge on any atom is 0.239 e. The molecular weight excluding hydrogens is 336 g/mol. The van der Waals surface area contributed by atoms with Crippen molar-refractivity contribution in [2.45, 2.75) is 69.5 Å². The smallest absolute Gasteiger partial charge is 0.239 e. The highest BCUT2D eigenvalue weighted by atomic mass is 16.2. The van der Waals surface area contributed by atoms with E-state index in [2.05, 4.69) is 52.3 Å². The summed E-state index contributed by atoms with van der Waals surface area (Å²) in [5.41, 5.74) is 7.83. The van der Waals surface area contributed by atoms with E-state index in [4.69, 9.17) is 0 Å². The van der Waals surface area contributed by atoms with E-state index >= 15 is 0 Å². The number of likely N-dealkylation sites (tertiary alicyclic amines) is 1. The average Bonchev–Trinajstić information content (AvgIpc) is 3.32. The lowest BCUT2D eigenvalue weighted by atomic mass is 9.80. The molecule has 148 valence electrons. The second kappa shape index (κ2) is 8.29. The number of hydrazine groups is 1. The van der Waals surface area contributed by atoms with Crippen LogP contribution in [0.2, 0.25) is 0 Å². The van der Waals surface area contributed by atoms with Gasteiger partial charge in [-0.15, -0.1) is 0 Å². The van der Waals surface area contributed by atoms with Gasteiger partial charge in [-0.1, -0.05) is 56.5 Å². The molecule has 4 rings (SSSR count). The van der Waals surface area contributed by atoms with Crippen molar-refractivity contribution in [2.75, 3.05) is 19.6 Å². The Hall–Kier alpha value is -1.43. The molecule has 3 fully saturated rings. The fraction of sp³-hybridized carbons (Fsp3) is 0.682. The summed E-state index contributed by atoms with van der Waals surface area (Å²) in [7, 11) is 0. The van der Waals surface area contributed by atoms with Crippen LogP contribution in [0.5, 0.6) is 0 Å². The fourth-order valence-electron chi connectivity index (χ4n) is 5.25. The van der Waals surface area contributed by atoms with Crippen molar-refractivity contribution in [3.63, 3.8) is 0 Å². The van der Waals surface area contributed by atoms with E-state index < -0.39 is 0 Å². The van der Waals surface area contributed by atoms with Gasteiger partial charge >= 0.3 is 0 Å². The number of carbonyl (C=O) groups excluding carboxylic acids is 1. The Balaban J connectivity index is 1.43. The van der Waals surface area contributed by atoms with Gasteiger partial charge in [0.05, 0.1) is 11.6 Å². The van der Waals surface area contributed by atoms with Crippen molar-refractivity contribution in [2.24, 2.45) is 5.92 Å². The van der Waals surface area contributed by atoms with Crippen LogP contribution in [0, 0.1) is 5.92 Å². The Kier molecular flexibility index (Phi) is 5.81. The van der Waals surface area contributed by atoms with Crippen molar-refractivity contribution >= 4 is 5.91 Å². The fourth-order valence-corrected chi connectivity index (χ4v) is 5.25. The van der Waals surface area contributed by atoms with E-state index in [1.807, 2.05) is 6.07 Å². The highest BCUT2D eigenvalue weighted by Gasteiger charge is 2.42. The molecule has 0 radical (unpaired) electrons. The van der Waals surface area contributed by atoms with Gasteiger partial charge in [-0.2, -0.15) is 0 Å². The summed E-state index contributed by atoms with van der Waals surface area (Å²) in [4.78, 5) is 15.8. The van der Waals surface area contributed by atoms with Gasteiger partial charge in [-0.25, -0.2) is 10.9 Å². The Bertz CT molecular complexity index is 622. The van der Waals surface area contributed by atoms with Crippen LogP contribution in [0.15, 0.2) is 30.3 Å². The topological polar surface area (TPSA) is 56.4 Å². The number of nitrogens with one attached hydrogen (secondary N) is 3. The molecule has 2 heterocycles. The first-order valence-corrected chi connectivity index (χ1v) is 10.8. The number of rotatable bonds is 5. The van der Waals surface area contributed by atoms with Crippen molar-refractivity contribution in [1.29, 1.82) is 0 Å². The molecule has 1 saturated carbocycles. The monoisotopic (exact) mass is 370 g/mol. The highest BCUT2D eigenvalue weighted by Crippen LogP contribution is 2.32. The predicted octanol–water partition coefficient (Wildman–Crippen LogP) is 2.76. The summed E-state index contributed by atoms with van der Waals surface area (Å²) in [6.45, 7) is 5.57. The van der Waals surface area contributed by atoms with Crippen LogP contribution in [-0.4, -0.2) is 42.0 Å². The first-order valence-electron chi connectivity index (χ1n) is 10.8. The second-order valence-corrected chi connectivity index (χ2v) is 8.83. The van der Waals surface area contributed by atoms with Gasteiger partial charge in [0.25, 0.3) is 0 Å². The summed E-state index contributed by atoms with van der Waals surface area (Å²) in [5.74, 6) is 0.370. The molecule has 0 aromatic heterocycles. The van der Waals surface area contributed by atoms with Gasteiger partial charge in [-0.3, -0.25) is 4.79 Å². The first kappa shape index (κ1) is 18.9. The third-order valence-electron chi connectivity index (χ3n) is 6.81. The minimum atomic E-state index is -0.187. The molecule has 1 amide bonds. The minimum absolute atomic E-state index is 0.0358. The maximum absolute atomic E-state index is 13.2. The van der Waals surface area contributed by atoms with Crippen molar-refractivity contribution in [1.82, 2.24) is 21.1 Å². The maximum atomic E-state index is 13.2. The van der Waals surface area contributed by atoms with Gasteiger partial charge in [0.15, 0.2) is 0 Å². The summed E-state index contributed by atoms with van der Waals surface area (Å²) in [6.07, 6.45) is 8.59. The molecule has 5 nitrogen and oxygen atoms in total. The second-order valence-electron chi connectivity index (χ2n) is 8.83. The summed E-state index contributed by atoms with van der Waals surface area (Å²) >= 11 is 0. The van der Waals surface area contributed by atoms with Crippen LogP contribution >= 0.6 is 0 Å². The molecule has 3 unspecified atom stereocenters. The van der Waals surface area contributed by atoms with Crippen molar-refractivity contribution in [3.05, 3.63) is 35.9 Å². The van der Waals surface area contributed by atoms with Gasteiger partial charge in [0.2, 0.25) is 5.91 Å². The number of carbonyl (C=O) groups is 1. The predicted molar refractivity (Wildman–Crippen MR) is 108 cm³/mol. The molecule has 3 atom stereocenters. The molecule has 27 heavy (non-hydrogen) atoms. The molecule has 1 aliphatic carbocycles. The molecule has 1 aromatic carbocycles. The van der Waals surface area contributed by atoms with Crippen molar-refractivity contribution in [3.8, 4) is 0 Å². The SMILES string of the molecule is CC1C(C(=O)NC2(CN3CCCC3)CCCCC2)NNC1c1ccccc1. The standard InChI is InChI=1S/C22H34N4O/c1-17-19(18-10-4-2-5-11-18)24-25-20(17)21(27)23-22(12-6-3-7-13-22)16-26-14-8-9-15-26/h2,4-5,10-11,17,19-20,24-25H,3,6-9,12-16H2,1H3,(H,23,27). The summed E-state index contributed by atoms with van der Waals surface area (Å²) in [6, 6.07) is 10.4. The largest absolute Gasteiger partial charge is 0.348 e. The lowest BCUT2D eigenvalue weighted by molar-refractivity contribution is -0.126. The lowest BCUT2D eigenvalue weighted by Gasteiger charge is -2.41. The molecule has 5 heteroatoms. The van der Waals surface area contributed by atoms with E-state index in [9.17, 15) is 4.79 Å². The molecule has 0 spiro atoms. The molecule has 1 aromatic rings. The zero-order chi connectivity index (χ0) is 18.7.